The Morgan fingerprint density at radius 3 is 2.03 bits per heavy atom. The Morgan fingerprint density at radius 2 is 1.56 bits per heavy atom. The summed E-state index contributed by atoms with van der Waals surface area (Å²) in [5.41, 5.74) is 16.2. The maximum absolute atomic E-state index is 12.9. The van der Waals surface area contributed by atoms with Gasteiger partial charge in [-0.3, -0.25) is 19.2 Å². The van der Waals surface area contributed by atoms with Crippen molar-refractivity contribution >= 4 is 42.2 Å². The van der Waals surface area contributed by atoms with Crippen LogP contribution < -0.4 is 33.2 Å². The van der Waals surface area contributed by atoms with Crippen molar-refractivity contribution in [1.29, 1.82) is 0 Å². The molecule has 0 saturated heterocycles. The van der Waals surface area contributed by atoms with Crippen LogP contribution in [0.5, 0.6) is 0 Å². The van der Waals surface area contributed by atoms with Gasteiger partial charge in [0.15, 0.2) is 0 Å². The first-order valence-electron chi connectivity index (χ1n) is 10.5. The van der Waals surface area contributed by atoms with E-state index < -0.39 is 53.8 Å². The van der Waals surface area contributed by atoms with Crippen LogP contribution >= 0.6 is 12.6 Å². The molecule has 0 aromatic heterocycles. The second kappa shape index (κ2) is 15.4. The summed E-state index contributed by atoms with van der Waals surface area (Å²) in [7, 11) is 0. The fourth-order valence-corrected chi connectivity index (χ4v) is 3.00. The third-order valence-corrected chi connectivity index (χ3v) is 5.29. The lowest BCUT2D eigenvalue weighted by molar-refractivity contribution is -0.142. The largest absolute Gasteiger partial charge is 0.480 e. The van der Waals surface area contributed by atoms with Gasteiger partial charge < -0.3 is 38.3 Å². The molecule has 13 heteroatoms. The summed E-state index contributed by atoms with van der Waals surface area (Å²) in [5.74, 6) is -4.52. The van der Waals surface area contributed by atoms with E-state index in [2.05, 4.69) is 28.6 Å². The van der Waals surface area contributed by atoms with E-state index in [1.807, 2.05) is 6.92 Å². The van der Waals surface area contributed by atoms with E-state index >= 15 is 0 Å². The summed E-state index contributed by atoms with van der Waals surface area (Å²) in [5, 5.41) is 16.6. The number of hydrogen-bond acceptors (Lipinski definition) is 8. The first kappa shape index (κ1) is 29.6. The first-order chi connectivity index (χ1) is 15.0. The van der Waals surface area contributed by atoms with Crippen LogP contribution in [0.2, 0.25) is 0 Å². The molecule has 0 fully saturated rings. The van der Waals surface area contributed by atoms with Crippen LogP contribution in [0.25, 0.3) is 0 Å². The Bertz CT molecular complexity index is 664. The van der Waals surface area contributed by atoms with Crippen molar-refractivity contribution in [3.63, 3.8) is 0 Å². The highest BCUT2D eigenvalue weighted by atomic mass is 32.1. The molecule has 0 aliphatic carbocycles. The van der Waals surface area contributed by atoms with Gasteiger partial charge >= 0.3 is 5.97 Å². The minimum atomic E-state index is -1.25. The zero-order chi connectivity index (χ0) is 24.8. The molecule has 0 saturated carbocycles. The number of hydrogen-bond donors (Lipinski definition) is 8. The van der Waals surface area contributed by atoms with Crippen molar-refractivity contribution in [2.24, 2.45) is 23.1 Å². The molecule has 4 amide bonds. The quantitative estimate of drug-likeness (QED) is 0.0902. The molecular weight excluding hydrogens is 440 g/mol. The number of carbonyl (C=O) groups excluding carboxylic acids is 4. The number of rotatable bonds is 16. The van der Waals surface area contributed by atoms with Gasteiger partial charge in [0.05, 0.1) is 12.5 Å². The molecule has 0 aliphatic heterocycles. The average molecular weight is 477 g/mol. The molecule has 0 aromatic carbocycles. The summed E-state index contributed by atoms with van der Waals surface area (Å²) < 4.78 is 0. The molecule has 5 unspecified atom stereocenters. The fraction of sp³-hybridized carbons (Fsp3) is 0.737. The van der Waals surface area contributed by atoms with E-state index in [0.29, 0.717) is 25.8 Å². The lowest BCUT2D eigenvalue weighted by Crippen LogP contribution is -2.59. The van der Waals surface area contributed by atoms with E-state index in [-0.39, 0.29) is 24.5 Å². The Hall–Kier alpha value is -2.38. The van der Waals surface area contributed by atoms with Crippen LogP contribution in [-0.4, -0.2) is 71.2 Å². The number of carbonyl (C=O) groups is 5. The Kier molecular flexibility index (Phi) is 14.3. The standard InChI is InChI=1S/C19H36N6O6S/c1-3-10(2)15(18(29)24-13(9-32)19(30)31)25-17(28)12(6-4-5-7-20)23-16(27)11(21)8-14(22)26/h10-13,15,32H,3-9,20-21H2,1-2H3,(H2,22,26)(H,23,27)(H,24,29)(H,25,28)(H,30,31). The van der Waals surface area contributed by atoms with E-state index in [9.17, 15) is 24.0 Å². The second-order valence-corrected chi connectivity index (χ2v) is 7.94. The van der Waals surface area contributed by atoms with Crippen molar-refractivity contribution in [1.82, 2.24) is 16.0 Å². The molecular formula is C19H36N6O6S. The van der Waals surface area contributed by atoms with Crippen molar-refractivity contribution in [3.8, 4) is 0 Å². The SMILES string of the molecule is CCC(C)C(NC(=O)C(CCCCN)NC(=O)C(N)CC(N)=O)C(=O)NC(CS)C(=O)O. The molecule has 0 aliphatic rings. The predicted molar refractivity (Wildman–Crippen MR) is 121 cm³/mol. The summed E-state index contributed by atoms with van der Waals surface area (Å²) in [6, 6.07) is -4.52. The normalized spacial score (nSPS) is 15.5. The molecule has 32 heavy (non-hydrogen) atoms. The zero-order valence-corrected chi connectivity index (χ0v) is 19.4. The molecule has 12 nitrogen and oxygen atoms in total. The van der Waals surface area contributed by atoms with Gasteiger partial charge in [0, 0.05) is 5.75 Å². The molecule has 5 atom stereocenters. The maximum atomic E-state index is 12.9. The maximum Gasteiger partial charge on any atom is 0.327 e. The van der Waals surface area contributed by atoms with Gasteiger partial charge in [-0.2, -0.15) is 12.6 Å². The first-order valence-corrected chi connectivity index (χ1v) is 11.1. The molecule has 10 N–H and O–H groups in total. The van der Waals surface area contributed by atoms with E-state index in [4.69, 9.17) is 22.3 Å². The Balaban J connectivity index is 5.48. The van der Waals surface area contributed by atoms with Crippen molar-refractivity contribution in [2.75, 3.05) is 12.3 Å². The molecule has 0 bridgehead atoms. The smallest absolute Gasteiger partial charge is 0.327 e. The number of carboxylic acid groups (broad SMARTS) is 1. The second-order valence-electron chi connectivity index (χ2n) is 7.58. The van der Waals surface area contributed by atoms with Gasteiger partial charge in [-0.15, -0.1) is 0 Å². The van der Waals surface area contributed by atoms with Gasteiger partial charge in [-0.05, 0) is 31.7 Å². The van der Waals surface area contributed by atoms with Crippen molar-refractivity contribution in [3.05, 3.63) is 0 Å². The summed E-state index contributed by atoms with van der Waals surface area (Å²) in [6.45, 7) is 3.93. The molecule has 0 rings (SSSR count). The minimum Gasteiger partial charge on any atom is -0.480 e. The van der Waals surface area contributed by atoms with Crippen LogP contribution in [0.4, 0.5) is 0 Å². The van der Waals surface area contributed by atoms with Crippen LogP contribution in [0.15, 0.2) is 0 Å². The van der Waals surface area contributed by atoms with E-state index in [1.54, 1.807) is 6.92 Å². The Labute approximate surface area is 193 Å². The van der Waals surface area contributed by atoms with E-state index in [1.165, 1.54) is 0 Å². The van der Waals surface area contributed by atoms with Gasteiger partial charge in [0.25, 0.3) is 0 Å². The van der Waals surface area contributed by atoms with Crippen LogP contribution in [0, 0.1) is 5.92 Å². The van der Waals surface area contributed by atoms with Crippen LogP contribution in [0.3, 0.4) is 0 Å². The van der Waals surface area contributed by atoms with Crippen molar-refractivity contribution < 1.29 is 29.1 Å². The predicted octanol–water partition coefficient (Wildman–Crippen LogP) is -2.17. The Morgan fingerprint density at radius 1 is 0.969 bits per heavy atom. The third kappa shape index (κ3) is 10.8. The van der Waals surface area contributed by atoms with Gasteiger partial charge in [0.2, 0.25) is 23.6 Å². The number of nitrogens with one attached hydrogen (secondary N) is 3. The lowest BCUT2D eigenvalue weighted by atomic mass is 9.97. The summed E-state index contributed by atoms with van der Waals surface area (Å²) in [4.78, 5) is 60.1. The van der Waals surface area contributed by atoms with Gasteiger partial charge in [-0.25, -0.2) is 4.79 Å². The van der Waals surface area contributed by atoms with E-state index in [0.717, 1.165) is 0 Å². The highest BCUT2D eigenvalue weighted by Gasteiger charge is 2.32. The number of aliphatic carboxylic acids is 1. The topological polar surface area (TPSA) is 220 Å². The fourth-order valence-electron chi connectivity index (χ4n) is 2.75. The number of nitrogens with two attached hydrogens (primary N) is 3. The highest BCUT2D eigenvalue weighted by molar-refractivity contribution is 7.80. The van der Waals surface area contributed by atoms with Gasteiger partial charge in [-0.1, -0.05) is 20.3 Å². The zero-order valence-electron chi connectivity index (χ0n) is 18.5. The molecule has 184 valence electrons. The molecule has 0 radical (unpaired) electrons. The molecule has 0 spiro atoms. The number of amides is 4. The number of carboxylic acids is 1. The summed E-state index contributed by atoms with van der Waals surface area (Å²) in [6.07, 6.45) is 1.47. The number of primary amides is 1. The summed E-state index contributed by atoms with van der Waals surface area (Å²) >= 11 is 3.92. The molecule has 0 heterocycles. The highest BCUT2D eigenvalue weighted by Crippen LogP contribution is 2.10. The number of thiol groups is 1. The molecule has 0 aromatic rings. The number of unbranched alkanes of at least 4 members (excludes halogenated alkanes) is 1. The minimum absolute atomic E-state index is 0.127. The van der Waals surface area contributed by atoms with Crippen LogP contribution in [0.1, 0.15) is 46.0 Å². The monoisotopic (exact) mass is 476 g/mol. The van der Waals surface area contributed by atoms with Gasteiger partial charge in [0.1, 0.15) is 18.1 Å². The lowest BCUT2D eigenvalue weighted by Gasteiger charge is -2.28. The third-order valence-electron chi connectivity index (χ3n) is 4.93. The van der Waals surface area contributed by atoms with Crippen LogP contribution in [-0.2, 0) is 24.0 Å². The van der Waals surface area contributed by atoms with Crippen molar-refractivity contribution in [2.45, 2.75) is 70.1 Å². The average Bonchev–Trinajstić information content (AvgIpc) is 2.73.